The molecule has 1 saturated heterocycles. The van der Waals surface area contributed by atoms with Crippen LogP contribution in [0, 0.1) is 5.92 Å². The molecule has 4 heteroatoms. The van der Waals surface area contributed by atoms with E-state index in [1.54, 1.807) is 0 Å². The molecule has 0 radical (unpaired) electrons. The third kappa shape index (κ3) is 3.53. The summed E-state index contributed by atoms with van der Waals surface area (Å²) in [7, 11) is 2.13. The van der Waals surface area contributed by atoms with Gasteiger partial charge in [0, 0.05) is 13.1 Å². The molecule has 2 atom stereocenters. The topological polar surface area (TPSA) is 35.6 Å². The normalized spacial score (nSPS) is 28.0. The van der Waals surface area contributed by atoms with E-state index in [9.17, 15) is 4.79 Å². The smallest absolute Gasteiger partial charge is 0.241 e. The second-order valence-corrected chi connectivity index (χ2v) is 6.42. The number of hydrogen-bond donors (Lipinski definition) is 1. The molecule has 2 unspecified atom stereocenters. The number of nitrogens with one attached hydrogen (secondary N) is 1. The Morgan fingerprint density at radius 2 is 2.00 bits per heavy atom. The highest BCUT2D eigenvalue weighted by Crippen LogP contribution is 2.32. The van der Waals surface area contributed by atoms with Gasteiger partial charge in [0.1, 0.15) is 0 Å². The van der Waals surface area contributed by atoms with Gasteiger partial charge in [0.05, 0.1) is 12.2 Å². The lowest BCUT2D eigenvalue weighted by atomic mass is 10.0. The Morgan fingerprint density at radius 1 is 1.30 bits per heavy atom. The number of amides is 1. The van der Waals surface area contributed by atoms with Crippen LogP contribution in [0.15, 0.2) is 0 Å². The van der Waals surface area contributed by atoms with Gasteiger partial charge in [0.15, 0.2) is 0 Å². The molecule has 1 aliphatic carbocycles. The molecule has 2 aliphatic rings. The molecule has 2 rings (SSSR count). The first-order valence-corrected chi connectivity index (χ1v) is 8.42. The lowest BCUT2D eigenvalue weighted by molar-refractivity contribution is -0.130. The number of nitrogens with zero attached hydrogens (tertiary/aromatic N) is 2. The second-order valence-electron chi connectivity index (χ2n) is 6.42. The molecule has 1 saturated carbocycles. The van der Waals surface area contributed by atoms with Crippen molar-refractivity contribution in [2.45, 2.75) is 64.6 Å². The summed E-state index contributed by atoms with van der Waals surface area (Å²) in [5.41, 5.74) is 0. The summed E-state index contributed by atoms with van der Waals surface area (Å²) in [6.07, 6.45) is 7.57. The van der Waals surface area contributed by atoms with Gasteiger partial charge in [-0.25, -0.2) is 0 Å². The van der Waals surface area contributed by atoms with Crippen LogP contribution in [-0.4, -0.2) is 54.6 Å². The van der Waals surface area contributed by atoms with Gasteiger partial charge in [0.2, 0.25) is 5.91 Å². The maximum absolute atomic E-state index is 12.6. The van der Waals surface area contributed by atoms with Gasteiger partial charge in [-0.2, -0.15) is 0 Å². The maximum Gasteiger partial charge on any atom is 0.241 e. The van der Waals surface area contributed by atoms with Crippen LogP contribution in [0.25, 0.3) is 0 Å². The van der Waals surface area contributed by atoms with Crippen LogP contribution in [0.3, 0.4) is 0 Å². The Hall–Kier alpha value is -0.610. The Kier molecular flexibility index (Phi) is 5.85. The van der Waals surface area contributed by atoms with Gasteiger partial charge >= 0.3 is 0 Å². The molecular weight excluding hydrogens is 250 g/mol. The van der Waals surface area contributed by atoms with Crippen molar-refractivity contribution in [1.82, 2.24) is 15.1 Å². The fraction of sp³-hybridized carbons (Fsp3) is 0.938. The van der Waals surface area contributed by atoms with Gasteiger partial charge in [-0.3, -0.25) is 10.1 Å². The number of hydrogen-bond acceptors (Lipinski definition) is 3. The summed E-state index contributed by atoms with van der Waals surface area (Å²) in [5, 5.41) is 3.63. The van der Waals surface area contributed by atoms with Crippen molar-refractivity contribution < 1.29 is 4.79 Å². The minimum atomic E-state index is 0.0672. The molecule has 2 fully saturated rings. The number of likely N-dealkylation sites (N-methyl/N-ethyl adjacent to an activating group) is 1. The molecule has 20 heavy (non-hydrogen) atoms. The Balaban J connectivity index is 2.00. The monoisotopic (exact) mass is 281 g/mol. The molecule has 0 aromatic carbocycles. The molecule has 1 amide bonds. The molecule has 4 nitrogen and oxygen atoms in total. The summed E-state index contributed by atoms with van der Waals surface area (Å²) in [6.45, 7) is 7.22. The van der Waals surface area contributed by atoms with Crippen molar-refractivity contribution >= 4 is 5.91 Å². The highest BCUT2D eigenvalue weighted by atomic mass is 16.2. The largest absolute Gasteiger partial charge is 0.324 e. The lowest BCUT2D eigenvalue weighted by Gasteiger charge is -2.30. The van der Waals surface area contributed by atoms with Crippen LogP contribution in [-0.2, 0) is 4.79 Å². The predicted octanol–water partition coefficient (Wildman–Crippen LogP) is 2.05. The molecule has 0 aromatic rings. The Morgan fingerprint density at radius 3 is 2.60 bits per heavy atom. The summed E-state index contributed by atoms with van der Waals surface area (Å²) in [6, 6.07) is 0.0672. The first-order chi connectivity index (χ1) is 9.67. The van der Waals surface area contributed by atoms with Crippen LogP contribution >= 0.6 is 0 Å². The summed E-state index contributed by atoms with van der Waals surface area (Å²) in [4.78, 5) is 17.0. The Labute approximate surface area is 123 Å². The fourth-order valence-electron chi connectivity index (χ4n) is 3.55. The summed E-state index contributed by atoms with van der Waals surface area (Å²) in [5.74, 6) is 1.01. The number of carbonyl (C=O) groups is 1. The molecular formula is C16H31N3O. The standard InChI is InChI=1S/C16H31N3O/c1-4-8-14-16(20)19(12-11-18(3)5-2)15(17-14)13-9-6-7-10-13/h13-15,17H,4-12H2,1-3H3. The highest BCUT2D eigenvalue weighted by molar-refractivity contribution is 5.84. The van der Waals surface area contributed by atoms with Crippen molar-refractivity contribution in [2.24, 2.45) is 5.92 Å². The average molecular weight is 281 g/mol. The summed E-state index contributed by atoms with van der Waals surface area (Å²) < 4.78 is 0. The maximum atomic E-state index is 12.6. The number of carbonyl (C=O) groups excluding carboxylic acids is 1. The van der Waals surface area contributed by atoms with E-state index in [2.05, 4.69) is 36.0 Å². The Bertz CT molecular complexity index is 315. The molecule has 1 N–H and O–H groups in total. The van der Waals surface area contributed by atoms with Crippen LogP contribution in [0.4, 0.5) is 0 Å². The van der Waals surface area contributed by atoms with E-state index < -0.39 is 0 Å². The SMILES string of the molecule is CCCC1NC(C2CCCC2)N(CCN(C)CC)C1=O. The van der Waals surface area contributed by atoms with Gasteiger partial charge < -0.3 is 9.80 Å². The van der Waals surface area contributed by atoms with Gasteiger partial charge in [0.25, 0.3) is 0 Å². The zero-order valence-corrected chi connectivity index (χ0v) is 13.4. The van der Waals surface area contributed by atoms with Crippen LogP contribution < -0.4 is 5.32 Å². The zero-order valence-electron chi connectivity index (χ0n) is 13.4. The molecule has 0 bridgehead atoms. The fourth-order valence-corrected chi connectivity index (χ4v) is 3.55. The van der Waals surface area contributed by atoms with Crippen molar-refractivity contribution in [3.8, 4) is 0 Å². The third-order valence-corrected chi connectivity index (χ3v) is 4.98. The van der Waals surface area contributed by atoms with Crippen LogP contribution in [0.2, 0.25) is 0 Å². The highest BCUT2D eigenvalue weighted by Gasteiger charge is 2.42. The third-order valence-electron chi connectivity index (χ3n) is 4.98. The van der Waals surface area contributed by atoms with Crippen LogP contribution in [0.5, 0.6) is 0 Å². The first-order valence-electron chi connectivity index (χ1n) is 8.42. The molecule has 0 aromatic heterocycles. The molecule has 0 spiro atoms. The van der Waals surface area contributed by atoms with E-state index in [0.717, 1.165) is 32.5 Å². The van der Waals surface area contributed by atoms with Gasteiger partial charge in [-0.15, -0.1) is 0 Å². The number of rotatable bonds is 7. The van der Waals surface area contributed by atoms with Gasteiger partial charge in [-0.05, 0) is 38.8 Å². The predicted molar refractivity (Wildman–Crippen MR) is 82.5 cm³/mol. The van der Waals surface area contributed by atoms with Crippen molar-refractivity contribution in [1.29, 1.82) is 0 Å². The van der Waals surface area contributed by atoms with E-state index in [1.165, 1.54) is 25.7 Å². The minimum Gasteiger partial charge on any atom is -0.324 e. The molecule has 116 valence electrons. The zero-order chi connectivity index (χ0) is 14.5. The molecule has 1 aliphatic heterocycles. The van der Waals surface area contributed by atoms with E-state index in [4.69, 9.17) is 0 Å². The quantitative estimate of drug-likeness (QED) is 0.776. The van der Waals surface area contributed by atoms with Gasteiger partial charge in [-0.1, -0.05) is 33.1 Å². The minimum absolute atomic E-state index is 0.0672. The van der Waals surface area contributed by atoms with Crippen molar-refractivity contribution in [2.75, 3.05) is 26.7 Å². The van der Waals surface area contributed by atoms with E-state index in [-0.39, 0.29) is 6.04 Å². The van der Waals surface area contributed by atoms with Crippen LogP contribution in [0.1, 0.15) is 52.4 Å². The second kappa shape index (κ2) is 7.41. The van der Waals surface area contributed by atoms with Crippen molar-refractivity contribution in [3.05, 3.63) is 0 Å². The molecule has 1 heterocycles. The summed E-state index contributed by atoms with van der Waals surface area (Å²) >= 11 is 0. The van der Waals surface area contributed by atoms with E-state index in [0.29, 0.717) is 18.0 Å². The van der Waals surface area contributed by atoms with E-state index >= 15 is 0 Å². The first kappa shape index (κ1) is 15.8. The van der Waals surface area contributed by atoms with Crippen molar-refractivity contribution in [3.63, 3.8) is 0 Å². The van der Waals surface area contributed by atoms with E-state index in [1.807, 2.05) is 0 Å². The average Bonchev–Trinajstić information content (AvgIpc) is 3.06. The lowest BCUT2D eigenvalue weighted by Crippen LogP contribution is -2.45.